The fourth-order valence-corrected chi connectivity index (χ4v) is 2.00. The summed E-state index contributed by atoms with van der Waals surface area (Å²) in [7, 11) is 0. The average molecular weight is 259 g/mol. The Morgan fingerprint density at radius 2 is 2.33 bits per heavy atom. The molecule has 0 saturated carbocycles. The molecule has 1 amide bonds. The number of aldehydes is 1. The van der Waals surface area contributed by atoms with E-state index in [4.69, 9.17) is 5.11 Å². The van der Waals surface area contributed by atoms with Crippen molar-refractivity contribution >= 4 is 12.4 Å². The van der Waals surface area contributed by atoms with E-state index in [1.54, 1.807) is 0 Å². The standard InChI is InChI=1S/C10H11F2N3O3/c11-10(12)6-14(9(17)18)2-1-8(10)15-4-7(5-16)3-13-15/h3-5,8H,1-2,6H2,(H,17,18)/t8-/m0/s1. The molecule has 1 aliphatic heterocycles. The van der Waals surface area contributed by atoms with Gasteiger partial charge in [0.05, 0.1) is 18.3 Å². The summed E-state index contributed by atoms with van der Waals surface area (Å²) in [6.45, 7) is -0.838. The van der Waals surface area contributed by atoms with Gasteiger partial charge in [-0.05, 0) is 6.42 Å². The van der Waals surface area contributed by atoms with Crippen LogP contribution in [-0.2, 0) is 0 Å². The largest absolute Gasteiger partial charge is 0.465 e. The molecular weight excluding hydrogens is 248 g/mol. The molecule has 0 aromatic carbocycles. The number of rotatable bonds is 2. The molecular formula is C10H11F2N3O3. The van der Waals surface area contributed by atoms with Crippen LogP contribution >= 0.6 is 0 Å². The summed E-state index contributed by atoms with van der Waals surface area (Å²) in [4.78, 5) is 21.8. The highest BCUT2D eigenvalue weighted by molar-refractivity contribution is 5.73. The van der Waals surface area contributed by atoms with Crippen molar-refractivity contribution in [2.24, 2.45) is 0 Å². The first kappa shape index (κ1) is 12.5. The average Bonchev–Trinajstić information content (AvgIpc) is 2.75. The van der Waals surface area contributed by atoms with Gasteiger partial charge in [-0.1, -0.05) is 0 Å². The molecule has 1 N–H and O–H groups in total. The first-order valence-corrected chi connectivity index (χ1v) is 5.29. The Hall–Kier alpha value is -1.99. The molecule has 0 aliphatic carbocycles. The van der Waals surface area contributed by atoms with Crippen LogP contribution in [0.1, 0.15) is 22.8 Å². The van der Waals surface area contributed by atoms with Crippen molar-refractivity contribution in [2.45, 2.75) is 18.4 Å². The van der Waals surface area contributed by atoms with E-state index in [9.17, 15) is 18.4 Å². The number of alkyl halides is 2. The monoisotopic (exact) mass is 259 g/mol. The molecule has 6 nitrogen and oxygen atoms in total. The number of halogens is 2. The van der Waals surface area contributed by atoms with E-state index in [1.807, 2.05) is 0 Å². The molecule has 0 radical (unpaired) electrons. The molecule has 8 heteroatoms. The molecule has 1 aromatic rings. The molecule has 2 rings (SSSR count). The van der Waals surface area contributed by atoms with E-state index in [2.05, 4.69) is 5.10 Å². The Morgan fingerprint density at radius 1 is 1.61 bits per heavy atom. The van der Waals surface area contributed by atoms with Crippen molar-refractivity contribution < 1.29 is 23.5 Å². The Morgan fingerprint density at radius 3 is 2.83 bits per heavy atom. The van der Waals surface area contributed by atoms with Crippen LogP contribution in [0.4, 0.5) is 13.6 Å². The van der Waals surface area contributed by atoms with E-state index in [1.165, 1.54) is 12.4 Å². The zero-order valence-electron chi connectivity index (χ0n) is 9.29. The highest BCUT2D eigenvalue weighted by atomic mass is 19.3. The number of carboxylic acid groups (broad SMARTS) is 1. The molecule has 98 valence electrons. The lowest BCUT2D eigenvalue weighted by Crippen LogP contribution is -2.51. The Bertz CT molecular complexity index is 475. The summed E-state index contributed by atoms with van der Waals surface area (Å²) in [5.41, 5.74) is 0.214. The van der Waals surface area contributed by atoms with Gasteiger partial charge in [-0.25, -0.2) is 13.6 Å². The van der Waals surface area contributed by atoms with E-state index in [-0.39, 0.29) is 18.5 Å². The molecule has 1 saturated heterocycles. The van der Waals surface area contributed by atoms with Crippen molar-refractivity contribution in [1.82, 2.24) is 14.7 Å². The van der Waals surface area contributed by atoms with Crippen LogP contribution in [0.15, 0.2) is 12.4 Å². The number of nitrogens with zero attached hydrogens (tertiary/aromatic N) is 3. The van der Waals surface area contributed by atoms with E-state index < -0.39 is 24.6 Å². The molecule has 0 spiro atoms. The first-order chi connectivity index (χ1) is 8.44. The van der Waals surface area contributed by atoms with Crippen LogP contribution < -0.4 is 0 Å². The fraction of sp³-hybridized carbons (Fsp3) is 0.500. The molecule has 1 aliphatic rings. The van der Waals surface area contributed by atoms with Crippen molar-refractivity contribution in [3.8, 4) is 0 Å². The number of hydrogen-bond acceptors (Lipinski definition) is 3. The smallest absolute Gasteiger partial charge is 0.407 e. The van der Waals surface area contributed by atoms with Gasteiger partial charge in [-0.3, -0.25) is 9.48 Å². The zero-order valence-corrected chi connectivity index (χ0v) is 9.29. The number of amides is 1. The second-order valence-corrected chi connectivity index (χ2v) is 4.14. The summed E-state index contributed by atoms with van der Waals surface area (Å²) in [6, 6.07) is -1.22. The molecule has 2 heterocycles. The number of aromatic nitrogens is 2. The Balaban J connectivity index is 2.19. The van der Waals surface area contributed by atoms with Crippen LogP contribution in [0.2, 0.25) is 0 Å². The van der Waals surface area contributed by atoms with Gasteiger partial charge in [0.1, 0.15) is 6.04 Å². The molecule has 1 atom stereocenters. The van der Waals surface area contributed by atoms with Crippen LogP contribution in [0.3, 0.4) is 0 Å². The summed E-state index contributed by atoms with van der Waals surface area (Å²) in [5, 5.41) is 12.4. The maximum absolute atomic E-state index is 13.8. The lowest BCUT2D eigenvalue weighted by molar-refractivity contribution is -0.100. The van der Waals surface area contributed by atoms with Gasteiger partial charge >= 0.3 is 6.09 Å². The van der Waals surface area contributed by atoms with Crippen LogP contribution in [0.5, 0.6) is 0 Å². The minimum absolute atomic E-state index is 0.0197. The first-order valence-electron chi connectivity index (χ1n) is 5.29. The van der Waals surface area contributed by atoms with Gasteiger partial charge in [-0.15, -0.1) is 0 Å². The Labute approximate surface area is 101 Å². The summed E-state index contributed by atoms with van der Waals surface area (Å²) >= 11 is 0. The highest BCUT2D eigenvalue weighted by Crippen LogP contribution is 2.36. The van der Waals surface area contributed by atoms with Crippen molar-refractivity contribution in [3.63, 3.8) is 0 Å². The van der Waals surface area contributed by atoms with Crippen molar-refractivity contribution in [3.05, 3.63) is 18.0 Å². The van der Waals surface area contributed by atoms with E-state index in [0.717, 1.165) is 4.68 Å². The van der Waals surface area contributed by atoms with Gasteiger partial charge in [-0.2, -0.15) is 5.10 Å². The highest BCUT2D eigenvalue weighted by Gasteiger charge is 2.47. The Kier molecular flexibility index (Phi) is 3.02. The van der Waals surface area contributed by atoms with Gasteiger partial charge in [0.2, 0.25) is 0 Å². The third-order valence-electron chi connectivity index (χ3n) is 2.91. The third kappa shape index (κ3) is 2.18. The number of piperidine rings is 1. The van der Waals surface area contributed by atoms with Crippen LogP contribution in [0, 0.1) is 0 Å². The van der Waals surface area contributed by atoms with Gasteiger partial charge in [0.15, 0.2) is 6.29 Å². The number of likely N-dealkylation sites (tertiary alicyclic amines) is 1. The number of hydrogen-bond donors (Lipinski definition) is 1. The maximum atomic E-state index is 13.8. The fourth-order valence-electron chi connectivity index (χ4n) is 2.00. The summed E-state index contributed by atoms with van der Waals surface area (Å²) in [6.07, 6.45) is 1.56. The normalized spacial score (nSPS) is 22.8. The quantitative estimate of drug-likeness (QED) is 0.811. The molecule has 0 unspecified atom stereocenters. The van der Waals surface area contributed by atoms with E-state index in [0.29, 0.717) is 11.2 Å². The molecule has 0 bridgehead atoms. The van der Waals surface area contributed by atoms with Crippen molar-refractivity contribution in [2.75, 3.05) is 13.1 Å². The minimum Gasteiger partial charge on any atom is -0.465 e. The topological polar surface area (TPSA) is 75.4 Å². The zero-order chi connectivity index (χ0) is 13.3. The second kappa shape index (κ2) is 4.35. The molecule has 1 aromatic heterocycles. The van der Waals surface area contributed by atoms with Crippen LogP contribution in [-0.4, -0.2) is 51.2 Å². The lowest BCUT2D eigenvalue weighted by atomic mass is 10.0. The lowest BCUT2D eigenvalue weighted by Gasteiger charge is -2.36. The van der Waals surface area contributed by atoms with Crippen molar-refractivity contribution in [1.29, 1.82) is 0 Å². The van der Waals surface area contributed by atoms with Gasteiger partial charge in [0, 0.05) is 12.7 Å². The van der Waals surface area contributed by atoms with E-state index >= 15 is 0 Å². The summed E-state index contributed by atoms with van der Waals surface area (Å²) < 4.78 is 28.7. The molecule has 18 heavy (non-hydrogen) atoms. The maximum Gasteiger partial charge on any atom is 0.407 e. The number of carbonyl (C=O) groups excluding carboxylic acids is 1. The summed E-state index contributed by atoms with van der Waals surface area (Å²) in [5.74, 6) is -3.21. The predicted octanol–water partition coefficient (Wildman–Crippen LogP) is 1.26. The minimum atomic E-state index is -3.21. The van der Waals surface area contributed by atoms with Crippen LogP contribution in [0.25, 0.3) is 0 Å². The molecule has 1 fully saturated rings. The predicted molar refractivity (Wildman–Crippen MR) is 55.8 cm³/mol. The second-order valence-electron chi connectivity index (χ2n) is 4.14. The van der Waals surface area contributed by atoms with Gasteiger partial charge in [0.25, 0.3) is 5.92 Å². The van der Waals surface area contributed by atoms with Gasteiger partial charge < -0.3 is 10.0 Å². The number of carbonyl (C=O) groups is 2. The SMILES string of the molecule is O=Cc1cnn([C@H]2CCN(C(=O)O)CC2(F)F)c1. The third-order valence-corrected chi connectivity index (χ3v) is 2.91.